The first-order chi connectivity index (χ1) is 14.1. The highest BCUT2D eigenvalue weighted by Crippen LogP contribution is 2.35. The zero-order valence-electron chi connectivity index (χ0n) is 16.6. The number of carbonyl (C=O) groups is 1. The van der Waals surface area contributed by atoms with Gasteiger partial charge in [0.2, 0.25) is 5.91 Å². The molecule has 30 heavy (non-hydrogen) atoms. The van der Waals surface area contributed by atoms with Gasteiger partial charge in [-0.15, -0.1) is 0 Å². The van der Waals surface area contributed by atoms with Gasteiger partial charge < -0.3 is 9.80 Å². The van der Waals surface area contributed by atoms with E-state index in [2.05, 4.69) is 46.2 Å². The van der Waals surface area contributed by atoms with Crippen LogP contribution in [0.5, 0.6) is 0 Å². The number of benzene rings is 1. The fourth-order valence-corrected chi connectivity index (χ4v) is 3.85. The number of halogens is 4. The zero-order chi connectivity index (χ0) is 21.9. The number of hydrogen-bond donors (Lipinski definition) is 2. The number of alkyl halides is 3. The number of hydrazine groups is 1. The van der Waals surface area contributed by atoms with E-state index in [1.807, 2.05) is 23.6 Å². The molecule has 0 saturated carbocycles. The first-order valence-corrected chi connectivity index (χ1v) is 9.78. The minimum atomic E-state index is -4.59. The Balaban J connectivity index is 1.71. The van der Waals surface area contributed by atoms with Crippen LogP contribution >= 0.6 is 11.6 Å². The fraction of sp³-hybridized carbons (Fsp3) is 0.400. The lowest BCUT2D eigenvalue weighted by Gasteiger charge is -2.49. The number of nitrogens with zero attached hydrogens (tertiary/aromatic N) is 3. The number of carbonyl (C=O) groups excluding carboxylic acids is 1. The maximum atomic E-state index is 12.3. The molecule has 1 aliphatic rings. The van der Waals surface area contributed by atoms with E-state index in [9.17, 15) is 18.0 Å². The standard InChI is InChI=1S/C20H23ClF3N5O/c1-19(2)13-28(10-11-29(19)14-6-4-3-5-7-14)15-8-9-25-18(17(15)21)27-26-16(30)12-20(22,23)24/h3-9H,10-13H2,1-2H3,(H,25,27)(H,26,30). The van der Waals surface area contributed by atoms with Gasteiger partial charge in [0.25, 0.3) is 0 Å². The molecular weight excluding hydrogens is 419 g/mol. The maximum absolute atomic E-state index is 12.3. The lowest BCUT2D eigenvalue weighted by atomic mass is 9.97. The molecule has 0 bridgehead atoms. The van der Waals surface area contributed by atoms with Crippen LogP contribution < -0.4 is 20.7 Å². The van der Waals surface area contributed by atoms with Crippen molar-refractivity contribution in [1.82, 2.24) is 10.4 Å². The molecule has 0 atom stereocenters. The Morgan fingerprint density at radius 3 is 2.53 bits per heavy atom. The zero-order valence-corrected chi connectivity index (χ0v) is 17.4. The summed E-state index contributed by atoms with van der Waals surface area (Å²) in [5, 5.41) is 0.230. The number of rotatable bonds is 5. The molecule has 6 nitrogen and oxygen atoms in total. The topological polar surface area (TPSA) is 60.5 Å². The number of hydrogen-bond acceptors (Lipinski definition) is 5. The second-order valence-electron chi connectivity index (χ2n) is 7.68. The van der Waals surface area contributed by atoms with E-state index in [-0.39, 0.29) is 16.4 Å². The van der Waals surface area contributed by atoms with Crippen LogP contribution in [0.15, 0.2) is 42.6 Å². The summed E-state index contributed by atoms with van der Waals surface area (Å²) < 4.78 is 36.9. The van der Waals surface area contributed by atoms with E-state index in [0.29, 0.717) is 18.8 Å². The van der Waals surface area contributed by atoms with Gasteiger partial charge in [-0.3, -0.25) is 15.6 Å². The normalized spacial score (nSPS) is 16.3. The second-order valence-corrected chi connectivity index (χ2v) is 8.06. The highest BCUT2D eigenvalue weighted by atomic mass is 35.5. The molecule has 0 aliphatic carbocycles. The maximum Gasteiger partial charge on any atom is 0.397 e. The quantitative estimate of drug-likeness (QED) is 0.680. The number of para-hydroxylation sites is 1. The fourth-order valence-electron chi connectivity index (χ4n) is 3.57. The minimum Gasteiger partial charge on any atom is -0.366 e. The molecular formula is C20H23ClF3N5O. The first-order valence-electron chi connectivity index (χ1n) is 9.40. The van der Waals surface area contributed by atoms with Crippen LogP contribution in [-0.4, -0.2) is 42.2 Å². The largest absolute Gasteiger partial charge is 0.397 e. The van der Waals surface area contributed by atoms with Crippen LogP contribution in [0.3, 0.4) is 0 Å². The molecule has 2 aromatic rings. The Bertz CT molecular complexity index is 892. The summed E-state index contributed by atoms with van der Waals surface area (Å²) in [6, 6.07) is 11.9. The Kier molecular flexibility index (Phi) is 6.30. The van der Waals surface area contributed by atoms with Crippen molar-refractivity contribution in [3.8, 4) is 0 Å². The van der Waals surface area contributed by atoms with Gasteiger partial charge in [-0.2, -0.15) is 13.2 Å². The van der Waals surface area contributed by atoms with Crippen molar-refractivity contribution in [3.63, 3.8) is 0 Å². The van der Waals surface area contributed by atoms with E-state index in [4.69, 9.17) is 11.6 Å². The Hall–Kier alpha value is -2.68. The molecule has 1 aliphatic heterocycles. The van der Waals surface area contributed by atoms with Gasteiger partial charge in [0.1, 0.15) is 11.4 Å². The number of anilines is 3. The Morgan fingerprint density at radius 1 is 1.20 bits per heavy atom. The van der Waals surface area contributed by atoms with Crippen molar-refractivity contribution in [1.29, 1.82) is 0 Å². The van der Waals surface area contributed by atoms with E-state index in [0.717, 1.165) is 12.2 Å². The molecule has 0 unspecified atom stereocenters. The van der Waals surface area contributed by atoms with E-state index < -0.39 is 18.5 Å². The number of pyridine rings is 1. The van der Waals surface area contributed by atoms with Crippen molar-refractivity contribution in [2.45, 2.75) is 32.0 Å². The molecule has 0 radical (unpaired) electrons. The summed E-state index contributed by atoms with van der Waals surface area (Å²) >= 11 is 6.45. The highest BCUT2D eigenvalue weighted by Gasteiger charge is 2.35. The van der Waals surface area contributed by atoms with Crippen molar-refractivity contribution < 1.29 is 18.0 Å². The number of piperazine rings is 1. The third-order valence-corrected chi connectivity index (χ3v) is 5.23. The monoisotopic (exact) mass is 441 g/mol. The van der Waals surface area contributed by atoms with Crippen molar-refractivity contribution >= 4 is 34.7 Å². The summed E-state index contributed by atoms with van der Waals surface area (Å²) in [5.41, 5.74) is 6.02. The van der Waals surface area contributed by atoms with Crippen molar-refractivity contribution in [2.24, 2.45) is 0 Å². The third kappa shape index (κ3) is 5.27. The molecule has 1 fully saturated rings. The molecule has 2 N–H and O–H groups in total. The smallest absolute Gasteiger partial charge is 0.366 e. The summed E-state index contributed by atoms with van der Waals surface area (Å²) in [4.78, 5) is 19.9. The number of nitrogens with one attached hydrogen (secondary N) is 2. The summed E-state index contributed by atoms with van der Waals surface area (Å²) in [7, 11) is 0. The van der Waals surface area contributed by atoms with Gasteiger partial charge in [0.05, 0.1) is 11.2 Å². The predicted octanol–water partition coefficient (Wildman–Crippen LogP) is 4.24. The Morgan fingerprint density at radius 2 is 1.90 bits per heavy atom. The average Bonchev–Trinajstić information content (AvgIpc) is 2.65. The Labute approximate surface area is 178 Å². The van der Waals surface area contributed by atoms with Crippen LogP contribution in [0, 0.1) is 0 Å². The van der Waals surface area contributed by atoms with Crippen molar-refractivity contribution in [3.05, 3.63) is 47.6 Å². The van der Waals surface area contributed by atoms with Crippen LogP contribution in [-0.2, 0) is 4.79 Å². The van der Waals surface area contributed by atoms with Gasteiger partial charge in [-0.05, 0) is 32.0 Å². The molecule has 3 rings (SSSR count). The van der Waals surface area contributed by atoms with E-state index in [1.165, 1.54) is 6.20 Å². The molecule has 2 heterocycles. The predicted molar refractivity (Wildman–Crippen MR) is 112 cm³/mol. The number of amides is 1. The average molecular weight is 442 g/mol. The molecule has 1 aromatic heterocycles. The van der Waals surface area contributed by atoms with Gasteiger partial charge >= 0.3 is 6.18 Å². The highest BCUT2D eigenvalue weighted by molar-refractivity contribution is 6.35. The van der Waals surface area contributed by atoms with Gasteiger partial charge in [0.15, 0.2) is 5.82 Å². The van der Waals surface area contributed by atoms with Crippen LogP contribution in [0.2, 0.25) is 5.02 Å². The minimum absolute atomic E-state index is 0.0907. The third-order valence-electron chi connectivity index (χ3n) is 4.86. The van der Waals surface area contributed by atoms with E-state index >= 15 is 0 Å². The van der Waals surface area contributed by atoms with Crippen LogP contribution in [0.4, 0.5) is 30.4 Å². The van der Waals surface area contributed by atoms with E-state index in [1.54, 1.807) is 6.07 Å². The molecule has 1 saturated heterocycles. The summed E-state index contributed by atoms with van der Waals surface area (Å²) in [6.45, 7) is 6.41. The summed E-state index contributed by atoms with van der Waals surface area (Å²) in [5.74, 6) is -1.13. The van der Waals surface area contributed by atoms with Gasteiger partial charge in [-0.25, -0.2) is 4.98 Å². The van der Waals surface area contributed by atoms with Gasteiger partial charge in [0, 0.05) is 31.5 Å². The van der Waals surface area contributed by atoms with Crippen LogP contribution in [0.25, 0.3) is 0 Å². The molecule has 1 amide bonds. The van der Waals surface area contributed by atoms with Gasteiger partial charge in [-0.1, -0.05) is 29.8 Å². The lowest BCUT2D eigenvalue weighted by Crippen LogP contribution is -2.59. The van der Waals surface area contributed by atoms with Crippen LogP contribution in [0.1, 0.15) is 20.3 Å². The number of aromatic nitrogens is 1. The lowest BCUT2D eigenvalue weighted by molar-refractivity contribution is -0.153. The molecule has 10 heteroatoms. The van der Waals surface area contributed by atoms with Crippen molar-refractivity contribution in [2.75, 3.05) is 34.9 Å². The SMILES string of the molecule is CC1(C)CN(c2ccnc(NNC(=O)CC(F)(F)F)c2Cl)CCN1c1ccccc1. The second kappa shape index (κ2) is 8.59. The first kappa shape index (κ1) is 22.0. The molecule has 1 aromatic carbocycles. The molecule has 0 spiro atoms. The summed E-state index contributed by atoms with van der Waals surface area (Å²) in [6.07, 6.45) is -4.68. The molecule has 162 valence electrons.